The molecule has 9 nitrogen and oxygen atoms in total. The molecular weight excluding hydrogens is 585 g/mol. The van der Waals surface area contributed by atoms with Gasteiger partial charge in [-0.1, -0.05) is 61.5 Å². The molecule has 0 aliphatic carbocycles. The fourth-order valence-electron chi connectivity index (χ4n) is 3.99. The fraction of sp³-hybridized carbons (Fsp3) is 0.345. The van der Waals surface area contributed by atoms with E-state index in [2.05, 4.69) is 27.6 Å². The summed E-state index contributed by atoms with van der Waals surface area (Å²) >= 11 is 12.1. The lowest BCUT2D eigenvalue weighted by atomic mass is 10.1. The first-order valence-electron chi connectivity index (χ1n) is 13.5. The van der Waals surface area contributed by atoms with Crippen LogP contribution in [0.3, 0.4) is 0 Å². The van der Waals surface area contributed by atoms with Crippen molar-refractivity contribution in [1.29, 1.82) is 0 Å². The minimum atomic E-state index is -3.81. The lowest BCUT2D eigenvalue weighted by Gasteiger charge is -2.14. The SMILES string of the molecule is CCCCCCNC(=O)Nc1ccc(S(=O)(=O)Nc2ccc(CCNCC(O)c3cc(Cl)c(N)c(Cl)c3)cc2)cc1. The van der Waals surface area contributed by atoms with Gasteiger partial charge in [-0.25, -0.2) is 13.2 Å². The molecule has 0 aliphatic heterocycles. The van der Waals surface area contributed by atoms with Crippen LogP contribution in [0.4, 0.5) is 21.9 Å². The number of aliphatic hydroxyl groups is 1. The molecule has 41 heavy (non-hydrogen) atoms. The second-order valence-corrected chi connectivity index (χ2v) is 12.1. The molecule has 0 spiro atoms. The average molecular weight is 623 g/mol. The van der Waals surface area contributed by atoms with E-state index in [4.69, 9.17) is 28.9 Å². The van der Waals surface area contributed by atoms with Gasteiger partial charge in [0.15, 0.2) is 0 Å². The summed E-state index contributed by atoms with van der Waals surface area (Å²) in [5.41, 5.74) is 8.52. The number of carbonyl (C=O) groups is 1. The van der Waals surface area contributed by atoms with Gasteiger partial charge < -0.3 is 26.8 Å². The Labute approximate surface area is 251 Å². The van der Waals surface area contributed by atoms with Gasteiger partial charge in [0.05, 0.1) is 26.7 Å². The number of nitrogens with two attached hydrogens (primary N) is 1. The summed E-state index contributed by atoms with van der Waals surface area (Å²) in [5, 5.41) is 19.7. The van der Waals surface area contributed by atoms with Gasteiger partial charge in [0, 0.05) is 24.5 Å². The summed E-state index contributed by atoms with van der Waals surface area (Å²) in [7, 11) is -3.81. The Morgan fingerprint density at radius 3 is 2.20 bits per heavy atom. The van der Waals surface area contributed by atoms with Crippen molar-refractivity contribution in [1.82, 2.24) is 10.6 Å². The highest BCUT2D eigenvalue weighted by molar-refractivity contribution is 7.92. The first kappa shape index (κ1) is 32.5. The molecule has 7 N–H and O–H groups in total. The number of aliphatic hydroxyl groups excluding tert-OH is 1. The number of hydrogen-bond donors (Lipinski definition) is 6. The topological polar surface area (TPSA) is 146 Å². The number of nitrogens with one attached hydrogen (secondary N) is 4. The van der Waals surface area contributed by atoms with Crippen LogP contribution in [0.2, 0.25) is 10.0 Å². The molecule has 0 heterocycles. The highest BCUT2D eigenvalue weighted by Crippen LogP contribution is 2.31. The van der Waals surface area contributed by atoms with Crippen LogP contribution in [-0.4, -0.2) is 39.2 Å². The van der Waals surface area contributed by atoms with Crippen LogP contribution in [0, 0.1) is 0 Å². The van der Waals surface area contributed by atoms with Crippen molar-refractivity contribution in [2.24, 2.45) is 0 Å². The number of urea groups is 1. The second kappa shape index (κ2) is 15.8. The molecule has 0 bridgehead atoms. The Kier molecular flexibility index (Phi) is 12.6. The van der Waals surface area contributed by atoms with Crippen molar-refractivity contribution >= 4 is 56.3 Å². The molecule has 3 aromatic rings. The highest BCUT2D eigenvalue weighted by atomic mass is 35.5. The van der Waals surface area contributed by atoms with E-state index in [1.165, 1.54) is 12.1 Å². The van der Waals surface area contributed by atoms with E-state index in [0.717, 1.165) is 31.2 Å². The van der Waals surface area contributed by atoms with E-state index in [-0.39, 0.29) is 16.6 Å². The van der Waals surface area contributed by atoms with Crippen molar-refractivity contribution in [3.8, 4) is 0 Å². The van der Waals surface area contributed by atoms with Crippen molar-refractivity contribution in [3.05, 3.63) is 81.8 Å². The zero-order valence-corrected chi connectivity index (χ0v) is 25.2. The first-order valence-corrected chi connectivity index (χ1v) is 15.7. The van der Waals surface area contributed by atoms with E-state index >= 15 is 0 Å². The number of rotatable bonds is 15. The molecule has 0 aliphatic rings. The summed E-state index contributed by atoms with van der Waals surface area (Å²) < 4.78 is 28.2. The number of sulfonamides is 1. The summed E-state index contributed by atoms with van der Waals surface area (Å²) in [5.74, 6) is 0. The van der Waals surface area contributed by atoms with Crippen LogP contribution in [-0.2, 0) is 16.4 Å². The predicted molar refractivity (Wildman–Crippen MR) is 167 cm³/mol. The molecule has 0 saturated heterocycles. The number of hydrogen-bond acceptors (Lipinski definition) is 6. The Morgan fingerprint density at radius 2 is 1.56 bits per heavy atom. The van der Waals surface area contributed by atoms with Gasteiger partial charge in [0.25, 0.3) is 10.0 Å². The third-order valence-electron chi connectivity index (χ3n) is 6.36. The molecule has 2 amide bonds. The molecule has 222 valence electrons. The number of anilines is 3. The van der Waals surface area contributed by atoms with Crippen molar-refractivity contribution in [2.75, 3.05) is 35.4 Å². The van der Waals surface area contributed by atoms with Gasteiger partial charge in [0.2, 0.25) is 0 Å². The molecule has 0 radical (unpaired) electrons. The molecule has 1 unspecified atom stereocenters. The Balaban J connectivity index is 1.44. The molecule has 3 aromatic carbocycles. The van der Waals surface area contributed by atoms with Crippen LogP contribution in [0.1, 0.15) is 49.8 Å². The minimum absolute atomic E-state index is 0.0820. The average Bonchev–Trinajstić information content (AvgIpc) is 2.94. The predicted octanol–water partition coefficient (Wildman–Crippen LogP) is 5.94. The highest BCUT2D eigenvalue weighted by Gasteiger charge is 2.15. The number of halogens is 2. The minimum Gasteiger partial charge on any atom is -0.396 e. The number of benzene rings is 3. The maximum atomic E-state index is 12.8. The van der Waals surface area contributed by atoms with Crippen LogP contribution in [0.5, 0.6) is 0 Å². The number of nitrogen functional groups attached to an aromatic ring is 1. The molecule has 3 rings (SSSR count). The standard InChI is InChI=1S/C29H37Cl2N5O4S/c1-2-3-4-5-15-34-29(38)35-22-10-12-24(13-11-22)41(39,40)36-23-8-6-20(7-9-23)14-16-33-19-27(37)21-17-25(30)28(32)26(31)18-21/h6-13,17-18,27,33,36-37H,2-5,14-16,19,32H2,1H3,(H2,34,35,38). The maximum absolute atomic E-state index is 12.8. The largest absolute Gasteiger partial charge is 0.396 e. The fourth-order valence-corrected chi connectivity index (χ4v) is 5.55. The van der Waals surface area contributed by atoms with Gasteiger partial charge in [0.1, 0.15) is 0 Å². The third-order valence-corrected chi connectivity index (χ3v) is 8.38. The van der Waals surface area contributed by atoms with Crippen molar-refractivity contribution < 1.29 is 18.3 Å². The summed E-state index contributed by atoms with van der Waals surface area (Å²) in [4.78, 5) is 12.1. The van der Waals surface area contributed by atoms with E-state index < -0.39 is 16.1 Å². The lowest BCUT2D eigenvalue weighted by molar-refractivity contribution is 0.175. The van der Waals surface area contributed by atoms with E-state index in [0.29, 0.717) is 53.0 Å². The van der Waals surface area contributed by atoms with E-state index in [9.17, 15) is 18.3 Å². The maximum Gasteiger partial charge on any atom is 0.319 e. The van der Waals surface area contributed by atoms with Gasteiger partial charge in [-0.05, 0) is 79.0 Å². The number of carbonyl (C=O) groups excluding carboxylic acids is 1. The van der Waals surface area contributed by atoms with Crippen LogP contribution >= 0.6 is 23.2 Å². The Hall–Kier alpha value is -3.02. The molecule has 1 atom stereocenters. The zero-order valence-electron chi connectivity index (χ0n) is 22.9. The molecule has 0 fully saturated rings. The van der Waals surface area contributed by atoms with E-state index in [1.807, 2.05) is 12.1 Å². The van der Waals surface area contributed by atoms with Crippen LogP contribution in [0.25, 0.3) is 0 Å². The first-order chi connectivity index (χ1) is 19.6. The Bertz CT molecular complexity index is 1360. The molecular formula is C29H37Cl2N5O4S. The third kappa shape index (κ3) is 10.4. The van der Waals surface area contributed by atoms with Crippen molar-refractivity contribution in [3.63, 3.8) is 0 Å². The van der Waals surface area contributed by atoms with Crippen molar-refractivity contribution in [2.45, 2.75) is 50.0 Å². The van der Waals surface area contributed by atoms with Crippen LogP contribution < -0.4 is 26.4 Å². The van der Waals surface area contributed by atoms with Gasteiger partial charge >= 0.3 is 6.03 Å². The smallest absolute Gasteiger partial charge is 0.319 e. The normalized spacial score (nSPS) is 12.1. The van der Waals surface area contributed by atoms with Crippen LogP contribution in [0.15, 0.2) is 65.6 Å². The zero-order chi connectivity index (χ0) is 29.8. The summed E-state index contributed by atoms with van der Waals surface area (Å²) in [6.07, 6.45) is 4.13. The van der Waals surface area contributed by atoms with E-state index in [1.54, 1.807) is 36.4 Å². The summed E-state index contributed by atoms with van der Waals surface area (Å²) in [6.45, 7) is 3.62. The number of amides is 2. The molecule has 12 heteroatoms. The van der Waals surface area contributed by atoms with Gasteiger partial charge in [-0.3, -0.25) is 4.72 Å². The van der Waals surface area contributed by atoms with Gasteiger partial charge in [-0.2, -0.15) is 0 Å². The quantitative estimate of drug-likeness (QED) is 0.0914. The molecule has 0 aromatic heterocycles. The second-order valence-electron chi connectivity index (χ2n) is 9.64. The lowest BCUT2D eigenvalue weighted by Crippen LogP contribution is -2.29. The Morgan fingerprint density at radius 1 is 0.927 bits per heavy atom. The number of unbranched alkanes of at least 4 members (excludes halogenated alkanes) is 3. The summed E-state index contributed by atoms with van der Waals surface area (Å²) in [6, 6.07) is 15.9. The monoisotopic (exact) mass is 621 g/mol. The molecule has 0 saturated carbocycles. The van der Waals surface area contributed by atoms with Gasteiger partial charge in [-0.15, -0.1) is 0 Å².